The molecule has 1 N–H and O–H groups in total. The van der Waals surface area contributed by atoms with E-state index in [2.05, 4.69) is 5.32 Å². The van der Waals surface area contributed by atoms with E-state index in [-0.39, 0.29) is 13.0 Å². The Labute approximate surface area is 104 Å². The molecule has 0 bridgehead atoms. The minimum Gasteiger partial charge on any atom is -0.352 e. The zero-order valence-corrected chi connectivity index (χ0v) is 9.78. The number of benzene rings is 1. The average Bonchev–Trinajstić information content (AvgIpc) is 2.72. The van der Waals surface area contributed by atoms with Gasteiger partial charge in [-0.2, -0.15) is 0 Å². The average molecular weight is 248 g/mol. The van der Waals surface area contributed by atoms with E-state index in [9.17, 15) is 14.0 Å². The first-order chi connectivity index (χ1) is 8.63. The predicted molar refractivity (Wildman–Crippen MR) is 62.4 cm³/mol. The standard InChI is InChI=1S/C13H13FN2O2/c14-13(6-3-7-15-12(13)18)16-8-9-4-1-2-5-10(9)11(16)17/h1-2,4-5H,3,6-8H2,(H,15,18). The second kappa shape index (κ2) is 3.80. The minimum absolute atomic E-state index is 0.0680. The summed E-state index contributed by atoms with van der Waals surface area (Å²) in [5.74, 6) is -3.30. The molecule has 0 aromatic heterocycles. The van der Waals surface area contributed by atoms with Crippen molar-refractivity contribution in [1.82, 2.24) is 10.2 Å². The van der Waals surface area contributed by atoms with Gasteiger partial charge in [0.25, 0.3) is 17.6 Å². The summed E-state index contributed by atoms with van der Waals surface area (Å²) in [6, 6.07) is 7.01. The minimum atomic E-state index is -2.20. The number of amides is 2. The molecule has 0 saturated carbocycles. The Balaban J connectivity index is 1.96. The van der Waals surface area contributed by atoms with Crippen LogP contribution in [0, 0.1) is 0 Å². The number of nitrogens with zero attached hydrogens (tertiary/aromatic N) is 1. The summed E-state index contributed by atoms with van der Waals surface area (Å²) in [6.45, 7) is 0.637. The Bertz CT molecular complexity index is 531. The number of alkyl halides is 1. The maximum absolute atomic E-state index is 14.8. The first-order valence-electron chi connectivity index (χ1n) is 6.00. The van der Waals surface area contributed by atoms with Crippen molar-refractivity contribution in [2.75, 3.05) is 6.54 Å². The predicted octanol–water partition coefficient (Wildman–Crippen LogP) is 1.22. The highest BCUT2D eigenvalue weighted by atomic mass is 19.1. The molecule has 18 heavy (non-hydrogen) atoms. The van der Waals surface area contributed by atoms with Gasteiger partial charge in [-0.05, 0) is 18.1 Å². The molecule has 2 aliphatic rings. The fourth-order valence-electron chi connectivity index (χ4n) is 2.57. The molecule has 94 valence electrons. The highest BCUT2D eigenvalue weighted by Crippen LogP contribution is 2.34. The zero-order valence-electron chi connectivity index (χ0n) is 9.78. The lowest BCUT2D eigenvalue weighted by Crippen LogP contribution is -2.58. The van der Waals surface area contributed by atoms with E-state index in [1.807, 2.05) is 6.07 Å². The molecule has 1 fully saturated rings. The highest BCUT2D eigenvalue weighted by molar-refractivity contribution is 6.02. The summed E-state index contributed by atoms with van der Waals surface area (Å²) in [5.41, 5.74) is 1.27. The summed E-state index contributed by atoms with van der Waals surface area (Å²) in [6.07, 6.45) is 0.612. The smallest absolute Gasteiger partial charge is 0.278 e. The van der Waals surface area contributed by atoms with Gasteiger partial charge >= 0.3 is 0 Å². The largest absolute Gasteiger partial charge is 0.352 e. The first-order valence-corrected chi connectivity index (χ1v) is 6.00. The number of nitrogens with one attached hydrogen (secondary N) is 1. The number of carbonyl (C=O) groups is 2. The Kier molecular flexibility index (Phi) is 2.36. The fourth-order valence-corrected chi connectivity index (χ4v) is 2.57. The topological polar surface area (TPSA) is 49.4 Å². The number of carbonyl (C=O) groups excluding carboxylic acids is 2. The van der Waals surface area contributed by atoms with Gasteiger partial charge < -0.3 is 5.32 Å². The molecular formula is C13H13FN2O2. The Morgan fingerprint density at radius 2 is 2.06 bits per heavy atom. The second-order valence-electron chi connectivity index (χ2n) is 4.67. The third-order valence-electron chi connectivity index (χ3n) is 3.57. The van der Waals surface area contributed by atoms with Crippen molar-refractivity contribution in [2.45, 2.75) is 25.2 Å². The van der Waals surface area contributed by atoms with Crippen LogP contribution in [0.15, 0.2) is 24.3 Å². The molecule has 0 aliphatic carbocycles. The maximum Gasteiger partial charge on any atom is 0.278 e. The van der Waals surface area contributed by atoms with Crippen LogP contribution in [0.5, 0.6) is 0 Å². The third-order valence-corrected chi connectivity index (χ3v) is 3.57. The van der Waals surface area contributed by atoms with Crippen molar-refractivity contribution in [3.8, 4) is 0 Å². The molecule has 1 aromatic rings. The molecule has 2 amide bonds. The van der Waals surface area contributed by atoms with Gasteiger partial charge in [-0.25, -0.2) is 4.39 Å². The van der Waals surface area contributed by atoms with Crippen LogP contribution in [0.25, 0.3) is 0 Å². The lowest BCUT2D eigenvalue weighted by atomic mass is 10.0. The monoisotopic (exact) mass is 248 g/mol. The number of piperidine rings is 1. The van der Waals surface area contributed by atoms with Crippen LogP contribution in [-0.2, 0) is 11.3 Å². The first kappa shape index (κ1) is 11.2. The van der Waals surface area contributed by atoms with Gasteiger partial charge in [-0.1, -0.05) is 18.2 Å². The van der Waals surface area contributed by atoms with Gasteiger partial charge in [0.15, 0.2) is 0 Å². The molecule has 2 heterocycles. The molecule has 0 radical (unpaired) electrons. The number of hydrogen-bond donors (Lipinski definition) is 1. The molecule has 1 atom stereocenters. The number of rotatable bonds is 1. The molecule has 1 aromatic carbocycles. The zero-order chi connectivity index (χ0) is 12.8. The van der Waals surface area contributed by atoms with Crippen LogP contribution in [0.1, 0.15) is 28.8 Å². The highest BCUT2D eigenvalue weighted by Gasteiger charge is 2.50. The van der Waals surface area contributed by atoms with Gasteiger partial charge in [-0.3, -0.25) is 14.5 Å². The van der Waals surface area contributed by atoms with E-state index < -0.39 is 17.6 Å². The number of fused-ring (bicyclic) bond motifs is 1. The molecule has 0 spiro atoms. The van der Waals surface area contributed by atoms with E-state index in [1.165, 1.54) is 0 Å². The van der Waals surface area contributed by atoms with E-state index in [0.29, 0.717) is 18.5 Å². The SMILES string of the molecule is O=C1c2ccccc2CN1C1(F)CCCNC1=O. The number of halogens is 1. The molecule has 1 saturated heterocycles. The van der Waals surface area contributed by atoms with Crippen LogP contribution < -0.4 is 5.32 Å². The van der Waals surface area contributed by atoms with Gasteiger partial charge in [-0.15, -0.1) is 0 Å². The van der Waals surface area contributed by atoms with Crippen molar-refractivity contribution in [3.63, 3.8) is 0 Å². The second-order valence-corrected chi connectivity index (χ2v) is 4.67. The van der Waals surface area contributed by atoms with Crippen LogP contribution >= 0.6 is 0 Å². The Morgan fingerprint density at radius 1 is 1.28 bits per heavy atom. The summed E-state index contributed by atoms with van der Waals surface area (Å²) in [5, 5.41) is 2.49. The van der Waals surface area contributed by atoms with Crippen molar-refractivity contribution in [3.05, 3.63) is 35.4 Å². The molecular weight excluding hydrogens is 235 g/mol. The lowest BCUT2D eigenvalue weighted by molar-refractivity contribution is -0.148. The molecule has 3 rings (SSSR count). The van der Waals surface area contributed by atoms with E-state index in [4.69, 9.17) is 0 Å². The van der Waals surface area contributed by atoms with Crippen LogP contribution in [-0.4, -0.2) is 29.1 Å². The lowest BCUT2D eigenvalue weighted by Gasteiger charge is -2.36. The van der Waals surface area contributed by atoms with Crippen LogP contribution in [0.2, 0.25) is 0 Å². The van der Waals surface area contributed by atoms with Gasteiger partial charge in [0.2, 0.25) is 0 Å². The third kappa shape index (κ3) is 1.43. The maximum atomic E-state index is 14.8. The van der Waals surface area contributed by atoms with Crippen LogP contribution in [0.3, 0.4) is 0 Å². The Morgan fingerprint density at radius 3 is 2.78 bits per heavy atom. The van der Waals surface area contributed by atoms with Crippen molar-refractivity contribution in [2.24, 2.45) is 0 Å². The number of hydrogen-bond acceptors (Lipinski definition) is 2. The van der Waals surface area contributed by atoms with E-state index in [1.54, 1.807) is 18.2 Å². The summed E-state index contributed by atoms with van der Waals surface area (Å²) >= 11 is 0. The van der Waals surface area contributed by atoms with Crippen LogP contribution in [0.4, 0.5) is 4.39 Å². The molecule has 4 nitrogen and oxygen atoms in total. The molecule has 2 aliphatic heterocycles. The molecule has 1 unspecified atom stereocenters. The molecule has 5 heteroatoms. The summed E-state index contributed by atoms with van der Waals surface area (Å²) < 4.78 is 14.8. The van der Waals surface area contributed by atoms with Gasteiger partial charge in [0.05, 0.1) is 6.54 Å². The normalized spacial score (nSPS) is 27.1. The Hall–Kier alpha value is -1.91. The van der Waals surface area contributed by atoms with Gasteiger partial charge in [0.1, 0.15) is 0 Å². The van der Waals surface area contributed by atoms with Crippen molar-refractivity contribution < 1.29 is 14.0 Å². The quantitative estimate of drug-likeness (QED) is 0.760. The summed E-state index contributed by atoms with van der Waals surface area (Å²) in [4.78, 5) is 24.9. The van der Waals surface area contributed by atoms with Gasteiger partial charge in [0, 0.05) is 18.5 Å². The van der Waals surface area contributed by atoms with Crippen molar-refractivity contribution in [1.29, 1.82) is 0 Å². The van der Waals surface area contributed by atoms with E-state index >= 15 is 0 Å². The summed E-state index contributed by atoms with van der Waals surface area (Å²) in [7, 11) is 0. The van der Waals surface area contributed by atoms with Crippen molar-refractivity contribution >= 4 is 11.8 Å². The fraction of sp³-hybridized carbons (Fsp3) is 0.385. The van der Waals surface area contributed by atoms with E-state index in [0.717, 1.165) is 10.5 Å².